The van der Waals surface area contributed by atoms with E-state index in [-0.39, 0.29) is 17.9 Å². The number of hydrogen-bond acceptors (Lipinski definition) is 4. The minimum Gasteiger partial charge on any atom is -0.348 e. The molecule has 5 nitrogen and oxygen atoms in total. The van der Waals surface area contributed by atoms with Gasteiger partial charge in [-0.1, -0.05) is 0 Å². The predicted molar refractivity (Wildman–Crippen MR) is 94.0 cm³/mol. The maximum Gasteiger partial charge on any atom is 0.271 e. The van der Waals surface area contributed by atoms with Gasteiger partial charge in [-0.15, -0.1) is 11.3 Å². The molecule has 4 aliphatic rings. The normalized spacial score (nSPS) is 34.8. The van der Waals surface area contributed by atoms with Gasteiger partial charge in [0, 0.05) is 18.3 Å². The minimum atomic E-state index is -0.168. The number of anilines is 1. The van der Waals surface area contributed by atoms with Crippen LogP contribution in [-0.2, 0) is 4.79 Å². The second-order valence-corrected chi connectivity index (χ2v) is 9.05. The molecule has 0 unspecified atom stereocenters. The van der Waals surface area contributed by atoms with Crippen molar-refractivity contribution in [1.29, 1.82) is 0 Å². The van der Waals surface area contributed by atoms with Gasteiger partial charge >= 0.3 is 0 Å². The maximum atomic E-state index is 12.6. The van der Waals surface area contributed by atoms with Crippen molar-refractivity contribution < 1.29 is 9.59 Å². The Morgan fingerprint density at radius 3 is 2.33 bits per heavy atom. The van der Waals surface area contributed by atoms with Crippen LogP contribution < -0.4 is 10.6 Å². The van der Waals surface area contributed by atoms with E-state index in [9.17, 15) is 9.59 Å². The van der Waals surface area contributed by atoms with E-state index in [1.54, 1.807) is 5.38 Å². The highest BCUT2D eigenvalue weighted by molar-refractivity contribution is 7.14. The standard InChI is InChI=1S/C18H25N3O2S/c1-10(18-6-12-3-13(7-18)5-14(4-12)8-18)19-16(23)15-9-24-17(21-15)20-11(2)22/h9-10,12-14H,3-8H2,1-2H3,(H,19,23)(H,20,21,22)/t10-,12?,13?,14?,18?/m0/s1. The molecular formula is C18H25N3O2S. The van der Waals surface area contributed by atoms with E-state index in [1.807, 2.05) is 0 Å². The van der Waals surface area contributed by atoms with Crippen LogP contribution in [-0.4, -0.2) is 22.8 Å². The smallest absolute Gasteiger partial charge is 0.271 e. The lowest BCUT2D eigenvalue weighted by Crippen LogP contribution is -2.55. The molecule has 1 aromatic rings. The fraction of sp³-hybridized carbons (Fsp3) is 0.722. The number of thiazole rings is 1. The summed E-state index contributed by atoms with van der Waals surface area (Å²) in [5.41, 5.74) is 0.696. The van der Waals surface area contributed by atoms with Crippen molar-refractivity contribution in [2.45, 2.75) is 58.4 Å². The zero-order valence-electron chi connectivity index (χ0n) is 14.3. The zero-order valence-corrected chi connectivity index (χ0v) is 15.1. The van der Waals surface area contributed by atoms with Gasteiger partial charge in [-0.25, -0.2) is 4.98 Å². The van der Waals surface area contributed by atoms with Gasteiger partial charge in [-0.3, -0.25) is 9.59 Å². The molecule has 4 saturated carbocycles. The number of nitrogens with one attached hydrogen (secondary N) is 2. The number of rotatable bonds is 4. The van der Waals surface area contributed by atoms with Gasteiger partial charge in [0.05, 0.1) is 0 Å². The lowest BCUT2D eigenvalue weighted by molar-refractivity contribution is -0.114. The molecule has 0 aromatic carbocycles. The quantitative estimate of drug-likeness (QED) is 0.876. The van der Waals surface area contributed by atoms with Gasteiger partial charge in [0.2, 0.25) is 5.91 Å². The third-order valence-corrected chi connectivity index (χ3v) is 7.13. The molecule has 5 rings (SSSR count). The Kier molecular flexibility index (Phi) is 3.90. The summed E-state index contributed by atoms with van der Waals surface area (Å²) >= 11 is 1.29. The van der Waals surface area contributed by atoms with Gasteiger partial charge in [0.15, 0.2) is 5.13 Å². The molecule has 4 fully saturated rings. The first-order chi connectivity index (χ1) is 11.4. The first-order valence-electron chi connectivity index (χ1n) is 8.97. The van der Waals surface area contributed by atoms with Crippen molar-refractivity contribution in [3.8, 4) is 0 Å². The van der Waals surface area contributed by atoms with Crippen LogP contribution in [0.3, 0.4) is 0 Å². The maximum absolute atomic E-state index is 12.6. The van der Waals surface area contributed by atoms with E-state index in [0.29, 0.717) is 16.2 Å². The molecule has 0 aliphatic heterocycles. The summed E-state index contributed by atoms with van der Waals surface area (Å²) in [7, 11) is 0. The van der Waals surface area contributed by atoms with Crippen molar-refractivity contribution in [2.24, 2.45) is 23.2 Å². The SMILES string of the molecule is CC(=O)Nc1nc(C(=O)N[C@@H](C)C23CC4CC(CC(C4)C2)C3)cs1. The molecule has 0 spiro atoms. The molecule has 4 aliphatic carbocycles. The van der Waals surface area contributed by atoms with E-state index >= 15 is 0 Å². The van der Waals surface area contributed by atoms with Gasteiger partial charge in [0.1, 0.15) is 5.69 Å². The van der Waals surface area contributed by atoms with Gasteiger partial charge in [-0.2, -0.15) is 0 Å². The Bertz CT molecular complexity index is 634. The number of carbonyl (C=O) groups excluding carboxylic acids is 2. The Hall–Kier alpha value is -1.43. The van der Waals surface area contributed by atoms with Crippen LogP contribution in [0, 0.1) is 23.2 Å². The lowest BCUT2D eigenvalue weighted by atomic mass is 9.48. The first kappa shape index (κ1) is 16.1. The van der Waals surface area contributed by atoms with Crippen molar-refractivity contribution in [2.75, 3.05) is 5.32 Å². The average Bonchev–Trinajstić information content (AvgIpc) is 2.93. The number of hydrogen-bond donors (Lipinski definition) is 2. The highest BCUT2D eigenvalue weighted by Gasteiger charge is 2.53. The van der Waals surface area contributed by atoms with Crippen molar-refractivity contribution in [1.82, 2.24) is 10.3 Å². The molecule has 2 amide bonds. The van der Waals surface area contributed by atoms with Crippen molar-refractivity contribution >= 4 is 28.3 Å². The summed E-state index contributed by atoms with van der Waals surface area (Å²) in [5.74, 6) is 2.34. The molecular weight excluding hydrogens is 322 g/mol. The van der Waals surface area contributed by atoms with Gasteiger partial charge in [-0.05, 0) is 68.6 Å². The molecule has 0 radical (unpaired) electrons. The molecule has 1 heterocycles. The molecule has 1 aromatic heterocycles. The zero-order chi connectivity index (χ0) is 16.9. The number of carbonyl (C=O) groups is 2. The predicted octanol–water partition coefficient (Wildman–Crippen LogP) is 3.44. The van der Waals surface area contributed by atoms with Gasteiger partial charge in [0.25, 0.3) is 5.91 Å². The van der Waals surface area contributed by atoms with Gasteiger partial charge < -0.3 is 10.6 Å². The van der Waals surface area contributed by atoms with Crippen LogP contribution in [0.25, 0.3) is 0 Å². The lowest BCUT2D eigenvalue weighted by Gasteiger charge is -2.59. The summed E-state index contributed by atoms with van der Waals surface area (Å²) in [6, 6.07) is 0.185. The summed E-state index contributed by atoms with van der Waals surface area (Å²) in [6.45, 7) is 3.61. The molecule has 2 N–H and O–H groups in total. The molecule has 130 valence electrons. The van der Waals surface area contributed by atoms with Crippen LogP contribution >= 0.6 is 11.3 Å². The second kappa shape index (κ2) is 5.83. The summed E-state index contributed by atoms with van der Waals surface area (Å²) in [6.07, 6.45) is 8.04. The fourth-order valence-corrected chi connectivity index (χ4v) is 6.45. The molecule has 24 heavy (non-hydrogen) atoms. The van der Waals surface area contributed by atoms with E-state index in [0.717, 1.165) is 17.8 Å². The average molecular weight is 347 g/mol. The first-order valence-corrected chi connectivity index (χ1v) is 9.85. The molecule has 6 heteroatoms. The third-order valence-electron chi connectivity index (χ3n) is 6.37. The summed E-state index contributed by atoms with van der Waals surface area (Å²) < 4.78 is 0. The largest absolute Gasteiger partial charge is 0.348 e. The van der Waals surface area contributed by atoms with Crippen LogP contribution in [0.1, 0.15) is 62.9 Å². The Morgan fingerprint density at radius 1 is 1.21 bits per heavy atom. The molecule has 4 bridgehead atoms. The second-order valence-electron chi connectivity index (χ2n) is 8.19. The highest BCUT2D eigenvalue weighted by Crippen LogP contribution is 2.61. The third kappa shape index (κ3) is 2.85. The topological polar surface area (TPSA) is 71.1 Å². The van der Waals surface area contributed by atoms with Crippen LogP contribution in [0.2, 0.25) is 0 Å². The Labute approximate surface area is 146 Å². The van der Waals surface area contributed by atoms with E-state index in [1.165, 1.54) is 56.8 Å². The van der Waals surface area contributed by atoms with Crippen LogP contribution in [0.5, 0.6) is 0 Å². The number of amides is 2. The van der Waals surface area contributed by atoms with Crippen LogP contribution in [0.15, 0.2) is 5.38 Å². The highest BCUT2D eigenvalue weighted by atomic mass is 32.1. The van der Waals surface area contributed by atoms with Crippen molar-refractivity contribution in [3.05, 3.63) is 11.1 Å². The Balaban J connectivity index is 1.44. The number of nitrogens with zero attached hydrogens (tertiary/aromatic N) is 1. The monoisotopic (exact) mass is 347 g/mol. The van der Waals surface area contributed by atoms with E-state index in [4.69, 9.17) is 0 Å². The van der Waals surface area contributed by atoms with E-state index in [2.05, 4.69) is 22.5 Å². The van der Waals surface area contributed by atoms with Crippen molar-refractivity contribution in [3.63, 3.8) is 0 Å². The van der Waals surface area contributed by atoms with E-state index < -0.39 is 0 Å². The Morgan fingerprint density at radius 2 is 1.79 bits per heavy atom. The minimum absolute atomic E-state index is 0.119. The molecule has 1 atom stereocenters. The summed E-state index contributed by atoms with van der Waals surface area (Å²) in [5, 5.41) is 8.04. The fourth-order valence-electron chi connectivity index (χ4n) is 5.72. The molecule has 0 saturated heterocycles. The summed E-state index contributed by atoms with van der Waals surface area (Å²) in [4.78, 5) is 27.9. The number of aromatic nitrogens is 1. The van der Waals surface area contributed by atoms with Crippen LogP contribution in [0.4, 0.5) is 5.13 Å².